The van der Waals surface area contributed by atoms with Gasteiger partial charge in [-0.05, 0) is 56.2 Å². The minimum absolute atomic E-state index is 0.627. The fraction of sp³-hybridized carbons (Fsp3) is 0.304. The lowest BCUT2D eigenvalue weighted by molar-refractivity contribution is 0.343. The van der Waals surface area contributed by atoms with Gasteiger partial charge in [0.25, 0.3) is 0 Å². The second-order valence-corrected chi connectivity index (χ2v) is 9.03. The first-order chi connectivity index (χ1) is 14.0. The van der Waals surface area contributed by atoms with Crippen molar-refractivity contribution in [2.75, 3.05) is 12.4 Å². The van der Waals surface area contributed by atoms with Crippen molar-refractivity contribution in [3.8, 4) is 5.75 Å². The number of thioether (sulfide) groups is 2. The minimum atomic E-state index is 0.627. The van der Waals surface area contributed by atoms with Gasteiger partial charge in [-0.2, -0.15) is 0 Å². The Morgan fingerprint density at radius 3 is 2.38 bits per heavy atom. The molecular formula is C23H27N3OS2. The maximum atomic E-state index is 5.91. The number of hydrogen-bond donors (Lipinski definition) is 0. The van der Waals surface area contributed by atoms with Crippen LogP contribution in [-0.2, 0) is 12.3 Å². The van der Waals surface area contributed by atoms with Crippen LogP contribution in [0.25, 0.3) is 0 Å². The Morgan fingerprint density at radius 1 is 0.966 bits per heavy atom. The van der Waals surface area contributed by atoms with E-state index in [1.54, 1.807) is 23.5 Å². The Balaban J connectivity index is 1.56. The summed E-state index contributed by atoms with van der Waals surface area (Å²) >= 11 is 3.44. The van der Waals surface area contributed by atoms with Gasteiger partial charge in [-0.25, -0.2) is 0 Å². The van der Waals surface area contributed by atoms with E-state index in [0.29, 0.717) is 13.2 Å². The van der Waals surface area contributed by atoms with Crippen LogP contribution >= 0.6 is 23.5 Å². The van der Waals surface area contributed by atoms with E-state index in [-0.39, 0.29) is 0 Å². The normalized spacial score (nSPS) is 10.9. The Labute approximate surface area is 181 Å². The summed E-state index contributed by atoms with van der Waals surface area (Å²) in [5, 5.41) is 9.71. The lowest BCUT2D eigenvalue weighted by Gasteiger charge is -2.09. The quantitative estimate of drug-likeness (QED) is 0.231. The summed E-state index contributed by atoms with van der Waals surface area (Å²) in [5.74, 6) is 3.48. The standard InChI is InChI=1S/C23H27N3OS2/c1-5-10-26-22(16-29-21-8-6-17(2)7-9-21)24-25-23(26)28-12-11-27-20-14-18(3)13-19(4)15-20/h5-9,13-15H,1,10-12,16H2,2-4H3. The summed E-state index contributed by atoms with van der Waals surface area (Å²) < 4.78 is 8.04. The molecule has 1 aromatic heterocycles. The van der Waals surface area contributed by atoms with Gasteiger partial charge in [-0.3, -0.25) is 0 Å². The molecule has 0 aliphatic rings. The van der Waals surface area contributed by atoms with Gasteiger partial charge in [0.15, 0.2) is 5.16 Å². The van der Waals surface area contributed by atoms with Crippen LogP contribution in [0, 0.1) is 20.8 Å². The van der Waals surface area contributed by atoms with Gasteiger partial charge < -0.3 is 9.30 Å². The minimum Gasteiger partial charge on any atom is -0.493 e. The van der Waals surface area contributed by atoms with Crippen molar-refractivity contribution in [3.05, 3.63) is 77.6 Å². The monoisotopic (exact) mass is 425 g/mol. The highest BCUT2D eigenvalue weighted by molar-refractivity contribution is 7.99. The molecule has 0 atom stereocenters. The van der Waals surface area contributed by atoms with Crippen LogP contribution in [0.3, 0.4) is 0 Å². The van der Waals surface area contributed by atoms with Gasteiger partial charge in [-0.15, -0.1) is 28.5 Å². The molecule has 0 amide bonds. The molecule has 29 heavy (non-hydrogen) atoms. The molecule has 0 radical (unpaired) electrons. The van der Waals surface area contributed by atoms with Gasteiger partial charge in [0, 0.05) is 17.2 Å². The molecule has 1 heterocycles. The molecule has 6 heteroatoms. The lowest BCUT2D eigenvalue weighted by atomic mass is 10.1. The van der Waals surface area contributed by atoms with E-state index >= 15 is 0 Å². The zero-order chi connectivity index (χ0) is 20.6. The number of ether oxygens (including phenoxy) is 1. The van der Waals surface area contributed by atoms with Gasteiger partial charge in [0.05, 0.1) is 12.4 Å². The Hall–Kier alpha value is -2.18. The predicted molar refractivity (Wildman–Crippen MR) is 123 cm³/mol. The van der Waals surface area contributed by atoms with Crippen molar-refractivity contribution in [2.45, 2.75) is 43.1 Å². The van der Waals surface area contributed by atoms with Crippen LogP contribution in [0.4, 0.5) is 0 Å². The van der Waals surface area contributed by atoms with Gasteiger partial charge in [-0.1, -0.05) is 41.6 Å². The molecule has 0 saturated heterocycles. The number of benzene rings is 2. The first kappa shape index (κ1) is 21.5. The second-order valence-electron chi connectivity index (χ2n) is 6.92. The van der Waals surface area contributed by atoms with Gasteiger partial charge >= 0.3 is 0 Å². The molecule has 2 aromatic carbocycles. The Kier molecular flexibility index (Phi) is 7.83. The van der Waals surface area contributed by atoms with E-state index in [0.717, 1.165) is 28.2 Å². The second kappa shape index (κ2) is 10.6. The number of allylic oxidation sites excluding steroid dienone is 1. The first-order valence-electron chi connectivity index (χ1n) is 9.61. The molecule has 0 unspecified atom stereocenters. The fourth-order valence-electron chi connectivity index (χ4n) is 2.94. The van der Waals surface area contributed by atoms with Crippen LogP contribution in [0.2, 0.25) is 0 Å². The van der Waals surface area contributed by atoms with Crippen molar-refractivity contribution < 1.29 is 4.74 Å². The molecule has 0 bridgehead atoms. The van der Waals surface area contributed by atoms with Crippen molar-refractivity contribution in [1.29, 1.82) is 0 Å². The van der Waals surface area contributed by atoms with E-state index in [4.69, 9.17) is 4.74 Å². The molecule has 0 fully saturated rings. The third-order valence-electron chi connectivity index (χ3n) is 4.27. The highest BCUT2D eigenvalue weighted by Crippen LogP contribution is 2.25. The first-order valence-corrected chi connectivity index (χ1v) is 11.6. The third-order valence-corrected chi connectivity index (χ3v) is 6.21. The average Bonchev–Trinajstić information content (AvgIpc) is 3.06. The lowest BCUT2D eigenvalue weighted by Crippen LogP contribution is -2.05. The molecule has 3 rings (SSSR count). The molecular weight excluding hydrogens is 398 g/mol. The van der Waals surface area contributed by atoms with E-state index < -0.39 is 0 Å². The van der Waals surface area contributed by atoms with Crippen LogP contribution in [0.5, 0.6) is 5.75 Å². The smallest absolute Gasteiger partial charge is 0.191 e. The number of hydrogen-bond acceptors (Lipinski definition) is 5. The largest absolute Gasteiger partial charge is 0.493 e. The SMILES string of the molecule is C=CCn1c(CSc2ccc(C)cc2)nnc1SCCOc1cc(C)cc(C)c1. The summed E-state index contributed by atoms with van der Waals surface area (Å²) in [6.07, 6.45) is 1.89. The topological polar surface area (TPSA) is 39.9 Å². The Morgan fingerprint density at radius 2 is 1.69 bits per heavy atom. The molecule has 0 aliphatic carbocycles. The average molecular weight is 426 g/mol. The van der Waals surface area contributed by atoms with Crippen molar-refractivity contribution in [1.82, 2.24) is 14.8 Å². The highest BCUT2D eigenvalue weighted by Gasteiger charge is 2.12. The molecule has 0 saturated carbocycles. The zero-order valence-electron chi connectivity index (χ0n) is 17.2. The van der Waals surface area contributed by atoms with Crippen LogP contribution in [0.15, 0.2) is 65.2 Å². The summed E-state index contributed by atoms with van der Waals surface area (Å²) in [6.45, 7) is 11.5. The molecule has 0 spiro atoms. The summed E-state index contributed by atoms with van der Waals surface area (Å²) in [6, 6.07) is 14.8. The van der Waals surface area contributed by atoms with Crippen LogP contribution < -0.4 is 4.74 Å². The van der Waals surface area contributed by atoms with E-state index in [9.17, 15) is 0 Å². The molecule has 152 valence electrons. The number of nitrogens with zero attached hydrogens (tertiary/aromatic N) is 3. The third kappa shape index (κ3) is 6.41. The maximum Gasteiger partial charge on any atom is 0.191 e. The summed E-state index contributed by atoms with van der Waals surface area (Å²) in [4.78, 5) is 1.24. The van der Waals surface area contributed by atoms with E-state index in [2.05, 4.69) is 84.6 Å². The summed E-state index contributed by atoms with van der Waals surface area (Å²) in [7, 11) is 0. The van der Waals surface area contributed by atoms with E-state index in [1.807, 2.05) is 6.08 Å². The number of rotatable bonds is 10. The maximum absolute atomic E-state index is 5.91. The highest BCUT2D eigenvalue weighted by atomic mass is 32.2. The van der Waals surface area contributed by atoms with Crippen molar-refractivity contribution >= 4 is 23.5 Å². The number of aryl methyl sites for hydroxylation is 3. The predicted octanol–water partition coefficient (Wildman–Crippen LogP) is 5.85. The molecule has 0 N–H and O–H groups in total. The summed E-state index contributed by atoms with van der Waals surface area (Å²) in [5.41, 5.74) is 3.70. The zero-order valence-corrected chi connectivity index (χ0v) is 18.9. The van der Waals surface area contributed by atoms with Gasteiger partial charge in [0.2, 0.25) is 0 Å². The Bertz CT molecular complexity index is 931. The molecule has 0 aliphatic heterocycles. The van der Waals surface area contributed by atoms with Crippen LogP contribution in [0.1, 0.15) is 22.5 Å². The van der Waals surface area contributed by atoms with Gasteiger partial charge in [0.1, 0.15) is 11.6 Å². The fourth-order valence-corrected chi connectivity index (χ4v) is 4.56. The van der Waals surface area contributed by atoms with Crippen LogP contribution in [-0.4, -0.2) is 27.1 Å². The van der Waals surface area contributed by atoms with E-state index in [1.165, 1.54) is 21.6 Å². The number of aromatic nitrogens is 3. The van der Waals surface area contributed by atoms with Crippen molar-refractivity contribution in [3.63, 3.8) is 0 Å². The molecule has 3 aromatic rings. The molecule has 4 nitrogen and oxygen atoms in total. The van der Waals surface area contributed by atoms with Crippen molar-refractivity contribution in [2.24, 2.45) is 0 Å².